The first-order valence-electron chi connectivity index (χ1n) is 6.95. The van der Waals surface area contributed by atoms with Crippen LogP contribution in [-0.2, 0) is 23.8 Å². The highest BCUT2D eigenvalue weighted by Gasteiger charge is 2.55. The third kappa shape index (κ3) is 3.28. The molecule has 0 aromatic rings. The minimum atomic E-state index is -0.785. The van der Waals surface area contributed by atoms with Crippen molar-refractivity contribution < 1.29 is 28.6 Å². The summed E-state index contributed by atoms with van der Waals surface area (Å²) in [5, 5.41) is 0. The molecule has 2 heterocycles. The number of carbonyl (C=O) groups excluding carboxylic acids is 3. The molecule has 2 aliphatic rings. The van der Waals surface area contributed by atoms with Crippen molar-refractivity contribution in [2.75, 3.05) is 13.7 Å². The largest absolute Gasteiger partial charge is 0.467 e. The Morgan fingerprint density at radius 2 is 2.05 bits per heavy atom. The van der Waals surface area contributed by atoms with E-state index in [-0.39, 0.29) is 18.9 Å². The molecule has 2 fully saturated rings. The number of rotatable bonds is 1. The number of hydrogen-bond acceptors (Lipinski definition) is 6. The van der Waals surface area contributed by atoms with Gasteiger partial charge in [-0.05, 0) is 27.2 Å². The van der Waals surface area contributed by atoms with Gasteiger partial charge in [-0.1, -0.05) is 0 Å². The van der Waals surface area contributed by atoms with Crippen LogP contribution in [0.15, 0.2) is 0 Å². The van der Waals surface area contributed by atoms with Crippen LogP contribution in [0.3, 0.4) is 0 Å². The number of esters is 2. The van der Waals surface area contributed by atoms with E-state index in [9.17, 15) is 14.4 Å². The third-order valence-electron chi connectivity index (χ3n) is 3.62. The lowest BCUT2D eigenvalue weighted by molar-refractivity contribution is -0.149. The second-order valence-electron chi connectivity index (χ2n) is 6.51. The summed E-state index contributed by atoms with van der Waals surface area (Å²) in [4.78, 5) is 36.9. The number of amides is 1. The Kier molecular flexibility index (Phi) is 3.86. The molecule has 1 amide bonds. The molecule has 0 saturated carbocycles. The lowest BCUT2D eigenvalue weighted by atomic mass is 9.97. The molecule has 7 heteroatoms. The highest BCUT2D eigenvalue weighted by Crippen LogP contribution is 2.39. The standard InChI is InChI=1S/C14H21NO6/c1-13(2,3)21-12(18)15-8-14(6-5-10(16)20-14)7-9(15)11(17)19-4/h9H,5-8H2,1-4H3/t9?,14-/m1/s1. The number of carbonyl (C=O) groups is 3. The van der Waals surface area contributed by atoms with Crippen molar-refractivity contribution in [3.63, 3.8) is 0 Å². The van der Waals surface area contributed by atoms with Crippen molar-refractivity contribution in [3.8, 4) is 0 Å². The van der Waals surface area contributed by atoms with Gasteiger partial charge >= 0.3 is 18.0 Å². The normalized spacial score (nSPS) is 28.7. The van der Waals surface area contributed by atoms with Crippen molar-refractivity contribution in [3.05, 3.63) is 0 Å². The molecule has 0 radical (unpaired) electrons. The molecule has 1 spiro atoms. The minimum absolute atomic E-state index is 0.160. The first kappa shape index (κ1) is 15.6. The molecule has 2 rings (SSSR count). The van der Waals surface area contributed by atoms with Crippen LogP contribution in [0.5, 0.6) is 0 Å². The van der Waals surface area contributed by atoms with Crippen LogP contribution in [0.4, 0.5) is 4.79 Å². The van der Waals surface area contributed by atoms with E-state index in [2.05, 4.69) is 0 Å². The Morgan fingerprint density at radius 1 is 1.38 bits per heavy atom. The van der Waals surface area contributed by atoms with E-state index in [1.165, 1.54) is 12.0 Å². The number of hydrogen-bond donors (Lipinski definition) is 0. The first-order valence-corrected chi connectivity index (χ1v) is 6.95. The van der Waals surface area contributed by atoms with E-state index in [0.29, 0.717) is 12.8 Å². The molecule has 0 aromatic carbocycles. The van der Waals surface area contributed by atoms with Crippen molar-refractivity contribution in [2.45, 2.75) is 57.3 Å². The molecule has 0 N–H and O–H groups in total. The molecule has 7 nitrogen and oxygen atoms in total. The van der Waals surface area contributed by atoms with Gasteiger partial charge in [-0.2, -0.15) is 0 Å². The monoisotopic (exact) mass is 299 g/mol. The van der Waals surface area contributed by atoms with Crippen LogP contribution in [0, 0.1) is 0 Å². The predicted octanol–water partition coefficient (Wildman–Crippen LogP) is 1.24. The van der Waals surface area contributed by atoms with Crippen molar-refractivity contribution in [2.24, 2.45) is 0 Å². The average Bonchev–Trinajstić information content (AvgIpc) is 2.91. The summed E-state index contributed by atoms with van der Waals surface area (Å²) in [6.45, 7) is 5.41. The fraction of sp³-hybridized carbons (Fsp3) is 0.786. The Morgan fingerprint density at radius 3 is 2.52 bits per heavy atom. The van der Waals surface area contributed by atoms with E-state index in [1.54, 1.807) is 20.8 Å². The zero-order valence-corrected chi connectivity index (χ0v) is 12.8. The van der Waals surface area contributed by atoms with Crippen LogP contribution >= 0.6 is 0 Å². The summed E-state index contributed by atoms with van der Waals surface area (Å²) in [5.74, 6) is -0.828. The van der Waals surface area contributed by atoms with E-state index >= 15 is 0 Å². The number of methoxy groups -OCH3 is 1. The zero-order valence-electron chi connectivity index (χ0n) is 12.8. The lowest BCUT2D eigenvalue weighted by Crippen LogP contribution is -2.44. The van der Waals surface area contributed by atoms with Crippen LogP contribution in [0.1, 0.15) is 40.0 Å². The Hall–Kier alpha value is -1.79. The van der Waals surface area contributed by atoms with E-state index < -0.39 is 29.3 Å². The fourth-order valence-electron chi connectivity index (χ4n) is 2.74. The highest BCUT2D eigenvalue weighted by atomic mass is 16.6. The molecule has 118 valence electrons. The Labute approximate surface area is 123 Å². The van der Waals surface area contributed by atoms with Gasteiger partial charge in [0, 0.05) is 12.8 Å². The summed E-state index contributed by atoms with van der Waals surface area (Å²) in [5.41, 5.74) is -1.45. The lowest BCUT2D eigenvalue weighted by Gasteiger charge is -2.27. The molecule has 2 saturated heterocycles. The van der Waals surface area contributed by atoms with Gasteiger partial charge in [0.25, 0.3) is 0 Å². The molecule has 2 atom stereocenters. The molecular weight excluding hydrogens is 278 g/mol. The summed E-state index contributed by atoms with van der Waals surface area (Å²) in [6, 6.07) is -0.782. The van der Waals surface area contributed by atoms with Crippen molar-refractivity contribution >= 4 is 18.0 Å². The molecule has 1 unspecified atom stereocenters. The predicted molar refractivity (Wildman–Crippen MR) is 71.4 cm³/mol. The van der Waals surface area contributed by atoms with Gasteiger partial charge in [-0.3, -0.25) is 9.69 Å². The van der Waals surface area contributed by atoms with Crippen LogP contribution in [0.2, 0.25) is 0 Å². The summed E-state index contributed by atoms with van der Waals surface area (Å²) < 4.78 is 15.4. The summed E-state index contributed by atoms with van der Waals surface area (Å²) in [6.07, 6.45) is 0.456. The highest BCUT2D eigenvalue weighted by molar-refractivity contribution is 5.83. The minimum Gasteiger partial charge on any atom is -0.467 e. The third-order valence-corrected chi connectivity index (χ3v) is 3.62. The summed E-state index contributed by atoms with van der Waals surface area (Å²) in [7, 11) is 1.27. The Balaban J connectivity index is 2.18. The maximum Gasteiger partial charge on any atom is 0.411 e. The quantitative estimate of drug-likeness (QED) is 0.535. The number of ether oxygens (including phenoxy) is 3. The maximum atomic E-state index is 12.3. The van der Waals surface area contributed by atoms with Gasteiger partial charge in [-0.15, -0.1) is 0 Å². The topological polar surface area (TPSA) is 82.1 Å². The van der Waals surface area contributed by atoms with Gasteiger partial charge in [0.2, 0.25) is 0 Å². The summed E-state index contributed by atoms with van der Waals surface area (Å²) >= 11 is 0. The van der Waals surface area contributed by atoms with Gasteiger partial charge < -0.3 is 14.2 Å². The van der Waals surface area contributed by atoms with Crippen molar-refractivity contribution in [1.29, 1.82) is 0 Å². The number of likely N-dealkylation sites (tertiary alicyclic amines) is 1. The molecule has 2 aliphatic heterocycles. The van der Waals surface area contributed by atoms with E-state index in [4.69, 9.17) is 14.2 Å². The van der Waals surface area contributed by atoms with Gasteiger partial charge in [0.15, 0.2) is 0 Å². The van der Waals surface area contributed by atoms with Gasteiger partial charge in [0.05, 0.1) is 13.7 Å². The first-order chi connectivity index (χ1) is 9.66. The van der Waals surface area contributed by atoms with Crippen LogP contribution in [0.25, 0.3) is 0 Å². The average molecular weight is 299 g/mol. The second-order valence-corrected chi connectivity index (χ2v) is 6.51. The molecular formula is C14H21NO6. The van der Waals surface area contributed by atoms with E-state index in [0.717, 1.165) is 0 Å². The molecule has 0 bridgehead atoms. The zero-order chi connectivity index (χ0) is 15.8. The van der Waals surface area contributed by atoms with Crippen LogP contribution < -0.4 is 0 Å². The number of nitrogens with zero attached hydrogens (tertiary/aromatic N) is 1. The SMILES string of the molecule is COC(=O)C1C[C@]2(CCC(=O)O2)CN1C(=O)OC(C)(C)C. The van der Waals surface area contributed by atoms with E-state index in [1.807, 2.05) is 0 Å². The molecule has 0 aliphatic carbocycles. The smallest absolute Gasteiger partial charge is 0.411 e. The molecule has 0 aromatic heterocycles. The second kappa shape index (κ2) is 5.20. The molecule has 21 heavy (non-hydrogen) atoms. The maximum absolute atomic E-state index is 12.3. The van der Waals surface area contributed by atoms with Crippen LogP contribution in [-0.4, -0.2) is 53.8 Å². The van der Waals surface area contributed by atoms with Gasteiger partial charge in [-0.25, -0.2) is 9.59 Å². The van der Waals surface area contributed by atoms with Gasteiger partial charge in [0.1, 0.15) is 17.2 Å². The van der Waals surface area contributed by atoms with Crippen molar-refractivity contribution in [1.82, 2.24) is 4.90 Å². The fourth-order valence-corrected chi connectivity index (χ4v) is 2.74. The Bertz CT molecular complexity index is 469.